The van der Waals surface area contributed by atoms with Crippen molar-refractivity contribution < 1.29 is 14.3 Å². The molecule has 0 fully saturated rings. The molecule has 4 nitrogen and oxygen atoms in total. The maximum atomic E-state index is 12.8. The average Bonchev–Trinajstić information content (AvgIpc) is 2.25. The van der Waals surface area contributed by atoms with E-state index in [1.165, 1.54) is 12.1 Å². The van der Waals surface area contributed by atoms with Gasteiger partial charge in [-0.1, -0.05) is 6.07 Å². The van der Waals surface area contributed by atoms with Crippen molar-refractivity contribution in [3.8, 4) is 6.07 Å². The predicted octanol–water partition coefficient (Wildman–Crippen LogP) is 1.26. The maximum Gasteiger partial charge on any atom is 0.304 e. The van der Waals surface area contributed by atoms with Crippen molar-refractivity contribution in [2.75, 3.05) is 6.54 Å². The fraction of sp³-hybridized carbons (Fsp3) is 0.273. The van der Waals surface area contributed by atoms with Crippen molar-refractivity contribution in [2.45, 2.75) is 13.0 Å². The number of halogens is 1. The lowest BCUT2D eigenvalue weighted by Gasteiger charge is -2.05. The minimum atomic E-state index is -0.882. The van der Waals surface area contributed by atoms with E-state index in [1.807, 2.05) is 6.07 Å². The molecule has 0 spiro atoms. The number of benzene rings is 1. The summed E-state index contributed by atoms with van der Waals surface area (Å²) in [6, 6.07) is 5.84. The van der Waals surface area contributed by atoms with Crippen LogP contribution >= 0.6 is 0 Å². The number of nitriles is 1. The van der Waals surface area contributed by atoms with Gasteiger partial charge in [-0.15, -0.1) is 0 Å². The molecule has 1 rings (SSSR count). The molecule has 0 aliphatic heterocycles. The zero-order valence-electron chi connectivity index (χ0n) is 8.53. The van der Waals surface area contributed by atoms with Gasteiger partial charge in [-0.3, -0.25) is 4.79 Å². The molecule has 16 heavy (non-hydrogen) atoms. The van der Waals surface area contributed by atoms with E-state index in [2.05, 4.69) is 5.32 Å². The van der Waals surface area contributed by atoms with Crippen LogP contribution in [-0.2, 0) is 11.3 Å². The van der Waals surface area contributed by atoms with Crippen molar-refractivity contribution in [1.29, 1.82) is 5.26 Å². The molecule has 0 radical (unpaired) electrons. The molecular formula is C11H11FN2O2. The highest BCUT2D eigenvalue weighted by Gasteiger charge is 2.03. The second-order valence-corrected chi connectivity index (χ2v) is 3.23. The molecule has 0 bridgehead atoms. The van der Waals surface area contributed by atoms with Crippen LogP contribution in [0.2, 0.25) is 0 Å². The number of hydrogen-bond acceptors (Lipinski definition) is 3. The summed E-state index contributed by atoms with van der Waals surface area (Å²) in [6.45, 7) is 0.675. The SMILES string of the molecule is N#Cc1cc(F)ccc1CNCCC(=O)O. The van der Waals surface area contributed by atoms with Gasteiger partial charge in [-0.2, -0.15) is 5.26 Å². The van der Waals surface area contributed by atoms with E-state index in [-0.39, 0.29) is 12.0 Å². The fourth-order valence-corrected chi connectivity index (χ4v) is 1.23. The van der Waals surface area contributed by atoms with Gasteiger partial charge in [0.1, 0.15) is 5.82 Å². The molecule has 0 aliphatic carbocycles. The first-order valence-corrected chi connectivity index (χ1v) is 4.74. The average molecular weight is 222 g/mol. The van der Waals surface area contributed by atoms with Crippen LogP contribution in [0.15, 0.2) is 18.2 Å². The molecular weight excluding hydrogens is 211 g/mol. The van der Waals surface area contributed by atoms with Crippen LogP contribution in [0.5, 0.6) is 0 Å². The molecule has 1 aromatic carbocycles. The molecule has 0 unspecified atom stereocenters. The van der Waals surface area contributed by atoms with Crippen molar-refractivity contribution in [3.63, 3.8) is 0 Å². The molecule has 2 N–H and O–H groups in total. The third kappa shape index (κ3) is 3.67. The van der Waals surface area contributed by atoms with Crippen LogP contribution < -0.4 is 5.32 Å². The lowest BCUT2D eigenvalue weighted by molar-refractivity contribution is -0.136. The Kier molecular flexibility index (Phi) is 4.42. The van der Waals surface area contributed by atoms with E-state index in [9.17, 15) is 9.18 Å². The van der Waals surface area contributed by atoms with E-state index in [0.717, 1.165) is 6.07 Å². The van der Waals surface area contributed by atoms with E-state index in [0.29, 0.717) is 18.7 Å². The maximum absolute atomic E-state index is 12.8. The van der Waals surface area contributed by atoms with Gasteiger partial charge in [-0.25, -0.2) is 4.39 Å². The van der Waals surface area contributed by atoms with E-state index < -0.39 is 11.8 Å². The zero-order chi connectivity index (χ0) is 12.0. The second kappa shape index (κ2) is 5.83. The van der Waals surface area contributed by atoms with Crippen LogP contribution in [0.1, 0.15) is 17.5 Å². The number of carboxylic acids is 1. The van der Waals surface area contributed by atoms with Gasteiger partial charge in [0.05, 0.1) is 18.1 Å². The first kappa shape index (κ1) is 12.1. The Labute approximate surface area is 92.3 Å². The summed E-state index contributed by atoms with van der Waals surface area (Å²) in [5, 5.41) is 20.0. The number of aliphatic carboxylic acids is 1. The van der Waals surface area contributed by atoms with Crippen LogP contribution in [0.4, 0.5) is 4.39 Å². The van der Waals surface area contributed by atoms with Crippen molar-refractivity contribution in [2.24, 2.45) is 0 Å². The lowest BCUT2D eigenvalue weighted by Crippen LogP contribution is -2.18. The van der Waals surface area contributed by atoms with Crippen molar-refractivity contribution >= 4 is 5.97 Å². The van der Waals surface area contributed by atoms with Gasteiger partial charge < -0.3 is 10.4 Å². The Balaban J connectivity index is 2.54. The largest absolute Gasteiger partial charge is 0.481 e. The normalized spacial score (nSPS) is 9.75. The fourth-order valence-electron chi connectivity index (χ4n) is 1.23. The summed E-state index contributed by atoms with van der Waals surface area (Å²) in [4.78, 5) is 10.2. The van der Waals surface area contributed by atoms with Gasteiger partial charge in [0.25, 0.3) is 0 Å². The summed E-state index contributed by atoms with van der Waals surface area (Å²) in [5.74, 6) is -1.34. The molecule has 84 valence electrons. The van der Waals surface area contributed by atoms with Gasteiger partial charge in [0, 0.05) is 13.1 Å². The highest BCUT2D eigenvalue weighted by Crippen LogP contribution is 2.09. The first-order valence-electron chi connectivity index (χ1n) is 4.74. The molecule has 0 saturated carbocycles. The summed E-state index contributed by atoms with van der Waals surface area (Å²) in [5.41, 5.74) is 0.928. The Bertz CT molecular complexity index is 426. The number of nitrogens with one attached hydrogen (secondary N) is 1. The first-order chi connectivity index (χ1) is 7.63. The number of carboxylic acid groups (broad SMARTS) is 1. The van der Waals surface area contributed by atoms with Gasteiger partial charge in [-0.05, 0) is 17.7 Å². The molecule has 0 heterocycles. The quantitative estimate of drug-likeness (QED) is 0.735. The number of rotatable bonds is 5. The lowest BCUT2D eigenvalue weighted by atomic mass is 10.1. The number of hydrogen-bond donors (Lipinski definition) is 2. The summed E-state index contributed by atoms with van der Waals surface area (Å²) >= 11 is 0. The predicted molar refractivity (Wildman–Crippen MR) is 55.1 cm³/mol. The molecule has 0 atom stereocenters. The minimum absolute atomic E-state index is 0.0169. The summed E-state index contributed by atoms with van der Waals surface area (Å²) in [6.07, 6.45) is 0.0169. The third-order valence-corrected chi connectivity index (χ3v) is 2.02. The Morgan fingerprint density at radius 3 is 2.94 bits per heavy atom. The number of nitrogens with zero attached hydrogens (tertiary/aromatic N) is 1. The van der Waals surface area contributed by atoms with Gasteiger partial charge in [0.15, 0.2) is 0 Å². The van der Waals surface area contributed by atoms with E-state index in [4.69, 9.17) is 10.4 Å². The molecule has 0 aromatic heterocycles. The standard InChI is InChI=1S/C11H11FN2O2/c12-10-2-1-8(9(5-10)6-13)7-14-4-3-11(15)16/h1-2,5,14H,3-4,7H2,(H,15,16). The second-order valence-electron chi connectivity index (χ2n) is 3.23. The molecule has 0 aliphatic rings. The van der Waals surface area contributed by atoms with E-state index >= 15 is 0 Å². The monoisotopic (exact) mass is 222 g/mol. The summed E-state index contributed by atoms with van der Waals surface area (Å²) < 4.78 is 12.8. The minimum Gasteiger partial charge on any atom is -0.481 e. The van der Waals surface area contributed by atoms with E-state index in [1.54, 1.807) is 0 Å². The van der Waals surface area contributed by atoms with Crippen LogP contribution in [-0.4, -0.2) is 17.6 Å². The topological polar surface area (TPSA) is 73.1 Å². The highest BCUT2D eigenvalue weighted by molar-refractivity contribution is 5.66. The zero-order valence-corrected chi connectivity index (χ0v) is 8.53. The smallest absolute Gasteiger partial charge is 0.304 e. The number of carbonyl (C=O) groups is 1. The molecule has 0 amide bonds. The Morgan fingerprint density at radius 2 is 2.31 bits per heavy atom. The Hall–Kier alpha value is -1.93. The van der Waals surface area contributed by atoms with Crippen LogP contribution in [0, 0.1) is 17.1 Å². The summed E-state index contributed by atoms with van der Waals surface area (Å²) in [7, 11) is 0. The third-order valence-electron chi connectivity index (χ3n) is 2.02. The van der Waals surface area contributed by atoms with Gasteiger partial charge >= 0.3 is 5.97 Å². The van der Waals surface area contributed by atoms with Crippen molar-refractivity contribution in [3.05, 3.63) is 35.1 Å². The highest BCUT2D eigenvalue weighted by atomic mass is 19.1. The van der Waals surface area contributed by atoms with Gasteiger partial charge in [0.2, 0.25) is 0 Å². The van der Waals surface area contributed by atoms with Crippen molar-refractivity contribution in [1.82, 2.24) is 5.32 Å². The molecule has 1 aromatic rings. The molecule has 0 saturated heterocycles. The van der Waals surface area contributed by atoms with Crippen LogP contribution in [0.25, 0.3) is 0 Å². The Morgan fingerprint density at radius 1 is 1.56 bits per heavy atom. The van der Waals surface area contributed by atoms with Crippen LogP contribution in [0.3, 0.4) is 0 Å². The molecule has 5 heteroatoms.